The average molecular weight is 554 g/mol. The predicted octanol–water partition coefficient (Wildman–Crippen LogP) is 5.31. The number of hydrogen-bond acceptors (Lipinski definition) is 3. The fraction of sp³-hybridized carbons (Fsp3) is 0.222. The van der Waals surface area contributed by atoms with Gasteiger partial charge in [-0.3, -0.25) is 15.0 Å². The van der Waals surface area contributed by atoms with Gasteiger partial charge in [-0.05, 0) is 36.2 Å². The van der Waals surface area contributed by atoms with Crippen molar-refractivity contribution in [2.45, 2.75) is 25.9 Å². The third-order valence-electron chi connectivity index (χ3n) is 6.00. The molecule has 180 valence electrons. The Morgan fingerprint density at radius 2 is 1.69 bits per heavy atom. The Kier molecular flexibility index (Phi) is 7.88. The lowest BCUT2D eigenvalue weighted by Gasteiger charge is -2.17. The van der Waals surface area contributed by atoms with Crippen LogP contribution >= 0.6 is 27.5 Å². The zero-order valence-electron chi connectivity index (χ0n) is 19.4. The molecule has 0 saturated carbocycles. The number of nitrogens with zero attached hydrogens (tertiary/aromatic N) is 3. The highest BCUT2D eigenvalue weighted by molar-refractivity contribution is 9.10. The lowest BCUT2D eigenvalue weighted by molar-refractivity contribution is -0.129. The van der Waals surface area contributed by atoms with E-state index in [1.165, 1.54) is 0 Å². The number of imidazole rings is 1. The highest BCUT2D eigenvalue weighted by atomic mass is 79.9. The van der Waals surface area contributed by atoms with Gasteiger partial charge in [0.1, 0.15) is 0 Å². The summed E-state index contributed by atoms with van der Waals surface area (Å²) in [6, 6.07) is 22.4. The molecule has 0 atom stereocenters. The summed E-state index contributed by atoms with van der Waals surface area (Å²) in [5.74, 6) is -0.0332. The normalized spacial score (nSPS) is 11.1. The van der Waals surface area contributed by atoms with Crippen LogP contribution in [-0.4, -0.2) is 39.3 Å². The maximum Gasteiger partial charge on any atom is 0.226 e. The number of ketones is 1. The number of fused-ring (bicyclic) bond motifs is 1. The molecule has 3 aromatic carbocycles. The number of aromatic nitrogens is 2. The molecule has 4 aromatic rings. The van der Waals surface area contributed by atoms with Crippen molar-refractivity contribution < 1.29 is 9.59 Å². The molecular weight excluding hydrogens is 528 g/mol. The van der Waals surface area contributed by atoms with Crippen molar-refractivity contribution in [1.29, 1.82) is 5.41 Å². The summed E-state index contributed by atoms with van der Waals surface area (Å²) >= 11 is 9.92. The van der Waals surface area contributed by atoms with E-state index in [0.29, 0.717) is 36.5 Å². The van der Waals surface area contributed by atoms with Crippen LogP contribution in [0.25, 0.3) is 11.0 Å². The summed E-state index contributed by atoms with van der Waals surface area (Å²) in [5.41, 5.74) is 3.23. The SMILES string of the molecule is CN(CCCn1c(=N)n(CC(=O)c2ccc(Br)cc2)c2cccc(Cl)c21)C(=O)Cc1ccccc1. The average Bonchev–Trinajstić information content (AvgIpc) is 3.12. The Bertz CT molecular complexity index is 1410. The third kappa shape index (κ3) is 5.74. The number of halogens is 2. The van der Waals surface area contributed by atoms with E-state index < -0.39 is 0 Å². The topological polar surface area (TPSA) is 71.1 Å². The van der Waals surface area contributed by atoms with Crippen LogP contribution in [0.4, 0.5) is 0 Å². The minimum absolute atomic E-state index is 0.0414. The number of benzene rings is 3. The molecule has 35 heavy (non-hydrogen) atoms. The lowest BCUT2D eigenvalue weighted by Crippen LogP contribution is -2.31. The highest BCUT2D eigenvalue weighted by Crippen LogP contribution is 2.23. The third-order valence-corrected chi connectivity index (χ3v) is 6.84. The molecule has 0 bridgehead atoms. The van der Waals surface area contributed by atoms with Crippen LogP contribution in [0.3, 0.4) is 0 Å². The van der Waals surface area contributed by atoms with E-state index in [0.717, 1.165) is 21.1 Å². The quantitative estimate of drug-likeness (QED) is 0.285. The first-order valence-corrected chi connectivity index (χ1v) is 12.5. The molecule has 1 aromatic heterocycles. The van der Waals surface area contributed by atoms with Crippen molar-refractivity contribution in [3.05, 3.63) is 99.0 Å². The second-order valence-corrected chi connectivity index (χ2v) is 9.75. The Morgan fingerprint density at radius 3 is 2.40 bits per heavy atom. The summed E-state index contributed by atoms with van der Waals surface area (Å²) < 4.78 is 4.41. The Hall–Kier alpha value is -3.16. The van der Waals surface area contributed by atoms with Crippen LogP contribution in [0.1, 0.15) is 22.3 Å². The van der Waals surface area contributed by atoms with Crippen molar-refractivity contribution in [2.24, 2.45) is 0 Å². The van der Waals surface area contributed by atoms with Crippen molar-refractivity contribution in [1.82, 2.24) is 14.0 Å². The minimum Gasteiger partial charge on any atom is -0.345 e. The zero-order valence-corrected chi connectivity index (χ0v) is 21.7. The number of carbonyl (C=O) groups is 2. The van der Waals surface area contributed by atoms with Crippen LogP contribution in [0.2, 0.25) is 5.02 Å². The van der Waals surface area contributed by atoms with E-state index in [-0.39, 0.29) is 23.9 Å². The zero-order chi connectivity index (χ0) is 24.9. The molecule has 1 heterocycles. The van der Waals surface area contributed by atoms with E-state index in [2.05, 4.69) is 15.9 Å². The molecule has 0 aliphatic rings. The molecule has 0 aliphatic heterocycles. The smallest absolute Gasteiger partial charge is 0.226 e. The van der Waals surface area contributed by atoms with E-state index in [1.54, 1.807) is 34.7 Å². The van der Waals surface area contributed by atoms with Gasteiger partial charge in [-0.15, -0.1) is 0 Å². The van der Waals surface area contributed by atoms with Crippen LogP contribution in [-0.2, 0) is 24.3 Å². The molecule has 0 unspecified atom stereocenters. The van der Waals surface area contributed by atoms with Gasteiger partial charge in [-0.1, -0.05) is 76.1 Å². The van der Waals surface area contributed by atoms with Crippen LogP contribution < -0.4 is 5.62 Å². The molecule has 1 amide bonds. The Balaban J connectivity index is 1.50. The number of hydrogen-bond donors (Lipinski definition) is 1. The maximum atomic E-state index is 12.9. The molecule has 0 spiro atoms. The van der Waals surface area contributed by atoms with Gasteiger partial charge in [-0.25, -0.2) is 0 Å². The molecule has 0 aliphatic carbocycles. The van der Waals surface area contributed by atoms with Gasteiger partial charge in [0.05, 0.1) is 29.0 Å². The van der Waals surface area contributed by atoms with E-state index in [1.807, 2.05) is 59.2 Å². The Labute approximate surface area is 217 Å². The van der Waals surface area contributed by atoms with Crippen molar-refractivity contribution >= 4 is 50.3 Å². The number of Topliss-reactive ketones (excluding diaryl/α,β-unsaturated/α-hetero) is 1. The number of nitrogens with one attached hydrogen (secondary N) is 1. The summed E-state index contributed by atoms with van der Waals surface area (Å²) in [6.07, 6.45) is 1.01. The summed E-state index contributed by atoms with van der Waals surface area (Å²) in [4.78, 5) is 27.2. The van der Waals surface area contributed by atoms with Gasteiger partial charge in [0.15, 0.2) is 5.78 Å². The van der Waals surface area contributed by atoms with Crippen molar-refractivity contribution in [3.8, 4) is 0 Å². The predicted molar refractivity (Wildman–Crippen MR) is 142 cm³/mol. The second kappa shape index (κ2) is 11.1. The molecule has 6 nitrogen and oxygen atoms in total. The first-order chi connectivity index (χ1) is 16.8. The molecule has 0 saturated heterocycles. The lowest BCUT2D eigenvalue weighted by atomic mass is 10.1. The van der Waals surface area contributed by atoms with Gasteiger partial charge >= 0.3 is 0 Å². The van der Waals surface area contributed by atoms with Crippen molar-refractivity contribution in [2.75, 3.05) is 13.6 Å². The van der Waals surface area contributed by atoms with E-state index >= 15 is 0 Å². The monoisotopic (exact) mass is 552 g/mol. The van der Waals surface area contributed by atoms with E-state index in [9.17, 15) is 9.59 Å². The number of aryl methyl sites for hydroxylation is 1. The number of para-hydroxylation sites is 1. The van der Waals surface area contributed by atoms with Crippen LogP contribution in [0.5, 0.6) is 0 Å². The second-order valence-electron chi connectivity index (χ2n) is 8.43. The molecule has 0 radical (unpaired) electrons. The number of rotatable bonds is 9. The highest BCUT2D eigenvalue weighted by Gasteiger charge is 2.17. The van der Waals surface area contributed by atoms with Crippen LogP contribution in [0.15, 0.2) is 77.3 Å². The summed E-state index contributed by atoms with van der Waals surface area (Å²) in [6.45, 7) is 1.09. The molecular formula is C27H26BrClN4O2. The van der Waals surface area contributed by atoms with Crippen LogP contribution in [0, 0.1) is 5.41 Å². The van der Waals surface area contributed by atoms with Crippen molar-refractivity contribution in [3.63, 3.8) is 0 Å². The van der Waals surface area contributed by atoms with Gasteiger partial charge in [-0.2, -0.15) is 0 Å². The van der Waals surface area contributed by atoms with Gasteiger partial charge in [0, 0.05) is 30.2 Å². The summed E-state index contributed by atoms with van der Waals surface area (Å²) in [5, 5.41) is 9.33. The number of likely N-dealkylation sites (N-methyl/N-ethyl adjacent to an activating group) is 1. The minimum atomic E-state index is -0.0822. The molecule has 8 heteroatoms. The van der Waals surface area contributed by atoms with Gasteiger partial charge in [0.2, 0.25) is 11.5 Å². The maximum absolute atomic E-state index is 12.9. The molecule has 0 fully saturated rings. The fourth-order valence-electron chi connectivity index (χ4n) is 4.10. The summed E-state index contributed by atoms with van der Waals surface area (Å²) in [7, 11) is 1.80. The molecule has 1 N–H and O–H groups in total. The van der Waals surface area contributed by atoms with E-state index in [4.69, 9.17) is 17.0 Å². The van der Waals surface area contributed by atoms with Gasteiger partial charge in [0.25, 0.3) is 0 Å². The first-order valence-electron chi connectivity index (χ1n) is 11.3. The number of amides is 1. The fourth-order valence-corrected chi connectivity index (χ4v) is 4.64. The Morgan fingerprint density at radius 1 is 0.971 bits per heavy atom. The largest absolute Gasteiger partial charge is 0.345 e. The standard InChI is InChI=1S/C27H26BrClN4O2/c1-31(25(35)17-19-7-3-2-4-8-19)15-6-16-32-26-22(29)9-5-10-23(26)33(27(32)30)18-24(34)20-11-13-21(28)14-12-20/h2-5,7-14,30H,6,15-18H2,1H3. The van der Waals surface area contributed by atoms with Gasteiger partial charge < -0.3 is 14.0 Å². The molecule has 4 rings (SSSR count). The number of carbonyl (C=O) groups excluding carboxylic acids is 2. The first kappa shape index (κ1) is 24.9.